The highest BCUT2D eigenvalue weighted by molar-refractivity contribution is 9.10. The van der Waals surface area contributed by atoms with Gasteiger partial charge in [-0.05, 0) is 31.0 Å². The second-order valence-electron chi connectivity index (χ2n) is 5.44. The van der Waals surface area contributed by atoms with Gasteiger partial charge >= 0.3 is 0 Å². The van der Waals surface area contributed by atoms with Gasteiger partial charge in [0.05, 0.1) is 16.2 Å². The maximum Gasteiger partial charge on any atom is 0.272 e. The van der Waals surface area contributed by atoms with E-state index < -0.39 is 0 Å². The lowest BCUT2D eigenvalue weighted by Crippen LogP contribution is -2.36. The zero-order valence-electron chi connectivity index (χ0n) is 10.9. The van der Waals surface area contributed by atoms with E-state index in [2.05, 4.69) is 28.1 Å². The molecule has 4 rings (SSSR count). The Morgan fingerprint density at radius 2 is 2.05 bits per heavy atom. The summed E-state index contributed by atoms with van der Waals surface area (Å²) >= 11 is 9.75. The summed E-state index contributed by atoms with van der Waals surface area (Å²) in [5, 5.41) is 0.505. The maximum atomic E-state index is 12.7. The Hall–Kier alpha value is -1.26. The molecular weight excluding hydrogens is 340 g/mol. The summed E-state index contributed by atoms with van der Waals surface area (Å²) in [7, 11) is 1.88. The molecule has 0 N–H and O–H groups in total. The number of nitrogens with zero attached hydrogens (tertiary/aromatic N) is 2. The molecule has 0 unspecified atom stereocenters. The average molecular weight is 352 g/mol. The third-order valence-corrected chi connectivity index (χ3v) is 5.23. The Labute approximate surface area is 130 Å². The molecule has 0 saturated heterocycles. The number of aromatic nitrogens is 1. The average Bonchev–Trinajstić information content (AvgIpc) is 3.15. The Morgan fingerprint density at radius 1 is 1.30 bits per heavy atom. The van der Waals surface area contributed by atoms with Gasteiger partial charge in [0.2, 0.25) is 0 Å². The van der Waals surface area contributed by atoms with Gasteiger partial charge in [-0.15, -0.1) is 0 Å². The summed E-state index contributed by atoms with van der Waals surface area (Å²) in [4.78, 5) is 14.6. The lowest BCUT2D eigenvalue weighted by molar-refractivity contribution is 0.0705. The van der Waals surface area contributed by atoms with Crippen LogP contribution in [-0.4, -0.2) is 22.4 Å². The van der Waals surface area contributed by atoms with Crippen molar-refractivity contribution in [3.63, 3.8) is 0 Å². The second-order valence-corrected chi connectivity index (χ2v) is 6.76. The quantitative estimate of drug-likeness (QED) is 0.705. The van der Waals surface area contributed by atoms with Crippen LogP contribution in [0.25, 0.3) is 5.69 Å². The number of fused-ring (bicyclic) bond motifs is 4. The molecule has 1 aromatic heterocycles. The highest BCUT2D eigenvalue weighted by Crippen LogP contribution is 2.54. The Balaban J connectivity index is 2.10. The number of amides is 1. The predicted octanol–water partition coefficient (Wildman–Crippen LogP) is 3.97. The van der Waals surface area contributed by atoms with Crippen molar-refractivity contribution < 1.29 is 4.79 Å². The van der Waals surface area contributed by atoms with E-state index in [1.54, 1.807) is 6.07 Å². The molecule has 3 nitrogen and oxygen atoms in total. The van der Waals surface area contributed by atoms with Crippen molar-refractivity contribution in [2.45, 2.75) is 18.4 Å². The van der Waals surface area contributed by atoms with Gasteiger partial charge in [0, 0.05) is 23.3 Å². The van der Waals surface area contributed by atoms with Crippen LogP contribution in [0.5, 0.6) is 0 Å². The van der Waals surface area contributed by atoms with E-state index in [-0.39, 0.29) is 11.4 Å². The van der Waals surface area contributed by atoms with Gasteiger partial charge in [0.15, 0.2) is 0 Å². The first kappa shape index (κ1) is 12.5. The van der Waals surface area contributed by atoms with Gasteiger partial charge in [-0.1, -0.05) is 33.6 Å². The minimum atomic E-state index is -0.157. The van der Waals surface area contributed by atoms with Crippen molar-refractivity contribution in [2.75, 3.05) is 7.05 Å². The SMILES string of the molecule is CN1C(=O)c2c(Cl)ccn2-c2cc(Br)ccc2C12CC2. The number of halogens is 2. The van der Waals surface area contributed by atoms with Crippen LogP contribution in [-0.2, 0) is 5.54 Å². The fourth-order valence-electron chi connectivity index (χ4n) is 3.17. The first-order chi connectivity index (χ1) is 9.54. The van der Waals surface area contributed by atoms with Crippen molar-refractivity contribution >= 4 is 33.4 Å². The van der Waals surface area contributed by atoms with Crippen molar-refractivity contribution in [3.05, 3.63) is 51.2 Å². The summed E-state index contributed by atoms with van der Waals surface area (Å²) in [5.41, 5.74) is 2.63. The summed E-state index contributed by atoms with van der Waals surface area (Å²) in [6.07, 6.45) is 3.88. The Kier molecular flexibility index (Phi) is 2.43. The normalized spacial score (nSPS) is 18.8. The number of carbonyl (C=O) groups excluding carboxylic acids is 1. The second kappa shape index (κ2) is 3.89. The van der Waals surface area contributed by atoms with Crippen LogP contribution in [0, 0.1) is 0 Å². The summed E-state index contributed by atoms with van der Waals surface area (Å²) in [6, 6.07) is 7.98. The van der Waals surface area contributed by atoms with Crippen LogP contribution in [0.1, 0.15) is 28.9 Å². The van der Waals surface area contributed by atoms with Crippen LogP contribution in [0.15, 0.2) is 34.9 Å². The van der Waals surface area contributed by atoms with Crippen molar-refractivity contribution in [3.8, 4) is 5.69 Å². The lowest BCUT2D eigenvalue weighted by atomic mass is 10.0. The maximum absolute atomic E-state index is 12.7. The first-order valence-corrected chi connectivity index (χ1v) is 7.67. The van der Waals surface area contributed by atoms with Gasteiger partial charge in [0.25, 0.3) is 5.91 Å². The van der Waals surface area contributed by atoms with E-state index >= 15 is 0 Å². The molecule has 0 bridgehead atoms. The van der Waals surface area contributed by atoms with Gasteiger partial charge in [-0.25, -0.2) is 0 Å². The van der Waals surface area contributed by atoms with E-state index in [0.29, 0.717) is 10.7 Å². The molecule has 1 amide bonds. The van der Waals surface area contributed by atoms with Crippen molar-refractivity contribution in [1.29, 1.82) is 0 Å². The zero-order valence-corrected chi connectivity index (χ0v) is 13.2. The molecule has 1 aliphatic carbocycles. The Bertz CT molecular complexity index is 748. The van der Waals surface area contributed by atoms with Crippen LogP contribution < -0.4 is 0 Å². The van der Waals surface area contributed by atoms with E-state index in [1.165, 1.54) is 5.56 Å². The van der Waals surface area contributed by atoms with Crippen LogP contribution >= 0.6 is 27.5 Å². The molecular formula is C15H12BrClN2O. The largest absolute Gasteiger partial charge is 0.331 e. The summed E-state index contributed by atoms with van der Waals surface area (Å²) < 4.78 is 2.91. The fourth-order valence-corrected chi connectivity index (χ4v) is 3.75. The highest BCUT2D eigenvalue weighted by atomic mass is 79.9. The number of rotatable bonds is 0. The van der Waals surface area contributed by atoms with Crippen LogP contribution in [0.3, 0.4) is 0 Å². The predicted molar refractivity (Wildman–Crippen MR) is 81.5 cm³/mol. The minimum absolute atomic E-state index is 0.00942. The third kappa shape index (κ3) is 1.44. The first-order valence-electron chi connectivity index (χ1n) is 6.50. The molecule has 102 valence electrons. The van der Waals surface area contributed by atoms with Crippen LogP contribution in [0.4, 0.5) is 0 Å². The lowest BCUT2D eigenvalue weighted by Gasteiger charge is -2.27. The number of benzene rings is 1. The smallest absolute Gasteiger partial charge is 0.272 e. The van der Waals surface area contributed by atoms with Crippen LogP contribution in [0.2, 0.25) is 5.02 Å². The van der Waals surface area contributed by atoms with Gasteiger partial charge in [0.1, 0.15) is 5.69 Å². The van der Waals surface area contributed by atoms with Gasteiger partial charge in [-0.3, -0.25) is 4.79 Å². The molecule has 1 fully saturated rings. The molecule has 0 atom stereocenters. The molecule has 1 aliphatic heterocycles. The van der Waals surface area contributed by atoms with E-state index in [9.17, 15) is 4.79 Å². The number of carbonyl (C=O) groups is 1. The number of hydrogen-bond donors (Lipinski definition) is 0. The minimum Gasteiger partial charge on any atom is -0.331 e. The summed E-state index contributed by atoms with van der Waals surface area (Å²) in [6.45, 7) is 0. The van der Waals surface area contributed by atoms with Crippen molar-refractivity contribution in [1.82, 2.24) is 9.47 Å². The molecule has 2 aromatic rings. The van der Waals surface area contributed by atoms with E-state index in [4.69, 9.17) is 11.6 Å². The topological polar surface area (TPSA) is 25.2 Å². The van der Waals surface area contributed by atoms with E-state index in [0.717, 1.165) is 23.0 Å². The molecule has 1 saturated carbocycles. The molecule has 2 heterocycles. The molecule has 0 radical (unpaired) electrons. The van der Waals surface area contributed by atoms with E-state index in [1.807, 2.05) is 28.8 Å². The monoisotopic (exact) mass is 350 g/mol. The van der Waals surface area contributed by atoms with Gasteiger partial charge < -0.3 is 9.47 Å². The molecule has 20 heavy (non-hydrogen) atoms. The van der Waals surface area contributed by atoms with Crippen molar-refractivity contribution in [2.24, 2.45) is 0 Å². The molecule has 1 spiro atoms. The molecule has 2 aliphatic rings. The number of hydrogen-bond acceptors (Lipinski definition) is 1. The van der Waals surface area contributed by atoms with Gasteiger partial charge in [-0.2, -0.15) is 0 Å². The molecule has 1 aromatic carbocycles. The molecule has 5 heteroatoms. The fraction of sp³-hybridized carbons (Fsp3) is 0.267. The zero-order chi connectivity index (χ0) is 14.1. The third-order valence-electron chi connectivity index (χ3n) is 4.43. The standard InChI is InChI=1S/C15H12BrClN2O/c1-18-14(20)13-11(17)4-7-19(13)12-8-9(16)2-3-10(12)15(18)5-6-15/h2-4,7-8H,5-6H2,1H3. The summed E-state index contributed by atoms with van der Waals surface area (Å²) in [5.74, 6) is -0.00942. The Morgan fingerprint density at radius 3 is 2.75 bits per heavy atom. The highest BCUT2D eigenvalue weighted by Gasteiger charge is 2.53.